The van der Waals surface area contributed by atoms with Crippen LogP contribution in [0.2, 0.25) is 0 Å². The lowest BCUT2D eigenvalue weighted by Gasteiger charge is -2.55. The van der Waals surface area contributed by atoms with Crippen molar-refractivity contribution >= 4 is 22.4 Å². The second-order valence-electron chi connectivity index (χ2n) is 8.03. The van der Waals surface area contributed by atoms with E-state index in [0.717, 1.165) is 54.4 Å². The van der Waals surface area contributed by atoms with E-state index in [0.29, 0.717) is 0 Å². The van der Waals surface area contributed by atoms with Crippen molar-refractivity contribution in [3.05, 3.63) is 11.1 Å². The van der Waals surface area contributed by atoms with Crippen molar-refractivity contribution in [1.82, 2.24) is 9.88 Å². The van der Waals surface area contributed by atoms with Crippen molar-refractivity contribution in [3.63, 3.8) is 0 Å². The van der Waals surface area contributed by atoms with Crippen LogP contribution in [-0.4, -0.2) is 29.9 Å². The average molecular weight is 319 g/mol. The fourth-order valence-corrected chi connectivity index (χ4v) is 6.08. The summed E-state index contributed by atoms with van der Waals surface area (Å²) in [4.78, 5) is 19.6. The van der Waals surface area contributed by atoms with Gasteiger partial charge in [0.05, 0.1) is 11.1 Å². The van der Waals surface area contributed by atoms with Crippen molar-refractivity contribution in [2.45, 2.75) is 45.1 Å². The first-order valence-electron chi connectivity index (χ1n) is 8.43. The number of nitrogens with zero attached hydrogens (tertiary/aromatic N) is 2. The fourth-order valence-electron chi connectivity index (χ4n) is 5.38. The molecule has 0 atom stereocenters. The number of amides is 1. The van der Waals surface area contributed by atoms with Gasteiger partial charge in [-0.15, -0.1) is 11.3 Å². The largest absolute Gasteiger partial charge is 0.304 e. The molecule has 0 aromatic carbocycles. The van der Waals surface area contributed by atoms with Crippen LogP contribution in [0.1, 0.15) is 44.2 Å². The van der Waals surface area contributed by atoms with Gasteiger partial charge in [-0.3, -0.25) is 4.79 Å². The molecule has 1 aromatic heterocycles. The predicted molar refractivity (Wildman–Crippen MR) is 88.7 cm³/mol. The Morgan fingerprint density at radius 1 is 1.27 bits per heavy atom. The third-order valence-corrected chi connectivity index (χ3v) is 6.58. The molecular formula is C17H25N3OS. The molecule has 4 aliphatic rings. The lowest BCUT2D eigenvalue weighted by molar-refractivity contribution is -0.140. The first-order valence-corrected chi connectivity index (χ1v) is 9.31. The minimum absolute atomic E-state index is 0.0812. The predicted octanol–water partition coefficient (Wildman–Crippen LogP) is 3.36. The number of hydrogen-bond donors (Lipinski definition) is 1. The highest BCUT2D eigenvalue weighted by atomic mass is 32.1. The maximum absolute atomic E-state index is 12.9. The zero-order valence-electron chi connectivity index (χ0n) is 13.5. The monoisotopic (exact) mass is 319 g/mol. The number of nitrogens with one attached hydrogen (secondary N) is 1. The van der Waals surface area contributed by atoms with Crippen LogP contribution in [0.15, 0.2) is 5.38 Å². The van der Waals surface area contributed by atoms with Gasteiger partial charge in [-0.2, -0.15) is 0 Å². The Labute approximate surface area is 136 Å². The lowest BCUT2D eigenvalue weighted by atomic mass is 9.49. The zero-order valence-corrected chi connectivity index (χ0v) is 14.3. The van der Waals surface area contributed by atoms with Gasteiger partial charge in [-0.05, 0) is 70.4 Å². The number of aromatic nitrogens is 1. The van der Waals surface area contributed by atoms with E-state index in [-0.39, 0.29) is 11.3 Å². The second kappa shape index (κ2) is 5.31. The third kappa shape index (κ3) is 2.58. The molecule has 4 bridgehead atoms. The quantitative estimate of drug-likeness (QED) is 0.925. The number of anilines is 1. The van der Waals surface area contributed by atoms with Gasteiger partial charge in [-0.1, -0.05) is 0 Å². The standard InChI is InChI=1S/C17H25N3OS/c1-20(2)9-14-10-22-16(18-14)19-15(21)17-6-11-3-12(7-17)5-13(4-11)8-17/h10-13H,3-9H2,1-2H3,(H,18,19,21). The highest BCUT2D eigenvalue weighted by Gasteiger charge is 2.54. The molecule has 120 valence electrons. The lowest BCUT2D eigenvalue weighted by Crippen LogP contribution is -2.51. The summed E-state index contributed by atoms with van der Waals surface area (Å²) < 4.78 is 0. The Morgan fingerprint density at radius 3 is 2.41 bits per heavy atom. The first-order chi connectivity index (χ1) is 10.5. The zero-order chi connectivity index (χ0) is 15.3. The second-order valence-corrected chi connectivity index (χ2v) is 8.89. The van der Waals surface area contributed by atoms with Gasteiger partial charge < -0.3 is 10.2 Å². The van der Waals surface area contributed by atoms with Crippen molar-refractivity contribution < 1.29 is 4.79 Å². The van der Waals surface area contributed by atoms with Crippen molar-refractivity contribution in [2.24, 2.45) is 23.2 Å². The van der Waals surface area contributed by atoms with E-state index in [1.165, 1.54) is 19.3 Å². The van der Waals surface area contributed by atoms with Crippen LogP contribution in [0.4, 0.5) is 5.13 Å². The summed E-state index contributed by atoms with van der Waals surface area (Å²) in [5, 5.41) is 5.97. The summed E-state index contributed by atoms with van der Waals surface area (Å²) in [6.45, 7) is 0.823. The van der Waals surface area contributed by atoms with Crippen LogP contribution < -0.4 is 5.32 Å². The molecule has 1 heterocycles. The summed E-state index contributed by atoms with van der Waals surface area (Å²) in [5.41, 5.74) is 0.957. The van der Waals surface area contributed by atoms with Gasteiger partial charge in [0.15, 0.2) is 5.13 Å². The Kier molecular flexibility index (Phi) is 3.53. The normalized spacial score (nSPS) is 36.0. The summed E-state index contributed by atoms with van der Waals surface area (Å²) in [7, 11) is 4.07. The van der Waals surface area contributed by atoms with Gasteiger partial charge >= 0.3 is 0 Å². The van der Waals surface area contributed by atoms with E-state index in [1.807, 2.05) is 14.1 Å². The van der Waals surface area contributed by atoms with E-state index in [4.69, 9.17) is 0 Å². The summed E-state index contributed by atoms with van der Waals surface area (Å²) in [6.07, 6.45) is 7.45. The van der Waals surface area contributed by atoms with E-state index >= 15 is 0 Å². The molecule has 0 saturated heterocycles. The molecule has 22 heavy (non-hydrogen) atoms. The van der Waals surface area contributed by atoms with Crippen molar-refractivity contribution in [1.29, 1.82) is 0 Å². The molecule has 4 nitrogen and oxygen atoms in total. The van der Waals surface area contributed by atoms with Crippen LogP contribution in [0.3, 0.4) is 0 Å². The number of hydrogen-bond acceptors (Lipinski definition) is 4. The fraction of sp³-hybridized carbons (Fsp3) is 0.765. The van der Waals surface area contributed by atoms with Crippen LogP contribution >= 0.6 is 11.3 Å². The van der Waals surface area contributed by atoms with Crippen molar-refractivity contribution in [2.75, 3.05) is 19.4 Å². The van der Waals surface area contributed by atoms with Crippen LogP contribution in [-0.2, 0) is 11.3 Å². The molecule has 4 aliphatic carbocycles. The summed E-state index contributed by atoms with van der Waals surface area (Å²) in [5.74, 6) is 2.66. The summed E-state index contributed by atoms with van der Waals surface area (Å²) in [6, 6.07) is 0. The number of carbonyl (C=O) groups excluding carboxylic acids is 1. The van der Waals surface area contributed by atoms with Crippen molar-refractivity contribution in [3.8, 4) is 0 Å². The van der Waals surface area contributed by atoms with Gasteiger partial charge in [0.2, 0.25) is 5.91 Å². The minimum Gasteiger partial charge on any atom is -0.304 e. The SMILES string of the molecule is CN(C)Cc1csc(NC(=O)C23CC4CC(CC(C4)C2)C3)n1. The summed E-state index contributed by atoms with van der Waals surface area (Å²) >= 11 is 1.55. The van der Waals surface area contributed by atoms with E-state index in [9.17, 15) is 4.79 Å². The molecule has 0 unspecified atom stereocenters. The Balaban J connectivity index is 1.47. The molecular weight excluding hydrogens is 294 g/mol. The van der Waals surface area contributed by atoms with E-state index in [2.05, 4.69) is 20.6 Å². The number of carbonyl (C=O) groups is 1. The molecule has 1 aromatic rings. The molecule has 0 spiro atoms. The minimum atomic E-state index is -0.0812. The Bertz CT molecular complexity index is 545. The molecule has 1 amide bonds. The average Bonchev–Trinajstić information content (AvgIpc) is 2.83. The molecule has 4 fully saturated rings. The third-order valence-electron chi connectivity index (χ3n) is 5.77. The molecule has 5 rings (SSSR count). The van der Waals surface area contributed by atoms with Gasteiger partial charge in [-0.25, -0.2) is 4.98 Å². The maximum Gasteiger partial charge on any atom is 0.232 e. The highest BCUT2D eigenvalue weighted by Crippen LogP contribution is 2.60. The van der Waals surface area contributed by atoms with E-state index in [1.54, 1.807) is 11.3 Å². The number of thiazole rings is 1. The van der Waals surface area contributed by atoms with Gasteiger partial charge in [0.25, 0.3) is 0 Å². The molecule has 0 aliphatic heterocycles. The van der Waals surface area contributed by atoms with Gasteiger partial charge in [0, 0.05) is 11.9 Å². The Morgan fingerprint density at radius 2 is 1.86 bits per heavy atom. The van der Waals surface area contributed by atoms with Crippen LogP contribution in [0, 0.1) is 23.2 Å². The molecule has 4 saturated carbocycles. The van der Waals surface area contributed by atoms with Gasteiger partial charge in [0.1, 0.15) is 0 Å². The van der Waals surface area contributed by atoms with Crippen LogP contribution in [0.25, 0.3) is 0 Å². The van der Waals surface area contributed by atoms with Crippen LogP contribution in [0.5, 0.6) is 0 Å². The Hall–Kier alpha value is -0.940. The maximum atomic E-state index is 12.9. The molecule has 0 radical (unpaired) electrons. The molecule has 5 heteroatoms. The topological polar surface area (TPSA) is 45.2 Å². The highest BCUT2D eigenvalue weighted by molar-refractivity contribution is 7.13. The molecule has 1 N–H and O–H groups in total. The van der Waals surface area contributed by atoms with E-state index < -0.39 is 0 Å². The smallest absolute Gasteiger partial charge is 0.232 e. The first kappa shape index (κ1) is 14.6. The number of rotatable bonds is 4.